The smallest absolute Gasteiger partial charge is 0.225 e. The molecule has 1 N–H and O–H groups in total. The second-order valence-corrected chi connectivity index (χ2v) is 5.98. The minimum atomic E-state index is 0.342. The number of anilines is 3. The lowest BCUT2D eigenvalue weighted by molar-refractivity contribution is 0.796. The van der Waals surface area contributed by atoms with Gasteiger partial charge in [0.15, 0.2) is 0 Å². The van der Waals surface area contributed by atoms with Gasteiger partial charge in [0.05, 0.1) is 0 Å². The average molecular weight is 313 g/mol. The summed E-state index contributed by atoms with van der Waals surface area (Å²) in [5.74, 6) is 2.57. The van der Waals surface area contributed by atoms with Gasteiger partial charge in [0, 0.05) is 51.7 Å². The monoisotopic (exact) mass is 313 g/mol. The van der Waals surface area contributed by atoms with Crippen LogP contribution in [0.2, 0.25) is 0 Å². The Kier molecular flexibility index (Phi) is 4.55. The highest BCUT2D eigenvalue weighted by molar-refractivity contribution is 5.48. The van der Waals surface area contributed by atoms with Crippen LogP contribution < -0.4 is 15.1 Å². The van der Waals surface area contributed by atoms with Crippen molar-refractivity contribution >= 4 is 17.6 Å². The van der Waals surface area contributed by atoms with Crippen LogP contribution >= 0.6 is 0 Å². The predicted octanol–water partition coefficient (Wildman–Crippen LogP) is 1.59. The van der Waals surface area contributed by atoms with E-state index in [9.17, 15) is 0 Å². The quantitative estimate of drug-likeness (QED) is 0.898. The van der Waals surface area contributed by atoms with E-state index < -0.39 is 0 Å². The Bertz CT molecular complexity index is 641. The molecule has 2 aromatic heterocycles. The van der Waals surface area contributed by atoms with Crippen molar-refractivity contribution in [3.63, 3.8) is 0 Å². The van der Waals surface area contributed by atoms with Crippen molar-refractivity contribution in [2.75, 3.05) is 42.3 Å². The van der Waals surface area contributed by atoms with Gasteiger partial charge in [-0.2, -0.15) is 0 Å². The Hall–Kier alpha value is -2.44. The Morgan fingerprint density at radius 2 is 2.00 bits per heavy atom. The van der Waals surface area contributed by atoms with Crippen LogP contribution in [0.1, 0.15) is 18.9 Å². The van der Waals surface area contributed by atoms with Gasteiger partial charge < -0.3 is 15.1 Å². The molecule has 0 amide bonds. The number of hydrogen-bond acceptors (Lipinski definition) is 7. The second kappa shape index (κ2) is 6.76. The Morgan fingerprint density at radius 1 is 1.22 bits per heavy atom. The standard InChI is InChI=1S/C16H23N7/c1-4-12-8-17-16(18-9-12)23-6-5-13(10-23)21-14-7-15(22(2)3)20-11-19-14/h7-9,11,13H,4-6,10H2,1-3H3,(H,19,20,21). The van der Waals surface area contributed by atoms with E-state index >= 15 is 0 Å². The second-order valence-electron chi connectivity index (χ2n) is 5.98. The number of aromatic nitrogens is 4. The topological polar surface area (TPSA) is 70.1 Å². The molecule has 7 nitrogen and oxygen atoms in total. The zero-order chi connectivity index (χ0) is 16.2. The van der Waals surface area contributed by atoms with Gasteiger partial charge in [0.2, 0.25) is 5.95 Å². The molecule has 122 valence electrons. The van der Waals surface area contributed by atoms with Crippen LogP contribution in [0.4, 0.5) is 17.6 Å². The Labute approximate surface area is 136 Å². The summed E-state index contributed by atoms with van der Waals surface area (Å²) in [6, 6.07) is 2.31. The first-order valence-electron chi connectivity index (χ1n) is 7.97. The molecule has 0 bridgehead atoms. The minimum Gasteiger partial charge on any atom is -0.365 e. The highest BCUT2D eigenvalue weighted by Gasteiger charge is 2.24. The van der Waals surface area contributed by atoms with Crippen molar-refractivity contribution in [2.45, 2.75) is 25.8 Å². The third-order valence-electron chi connectivity index (χ3n) is 4.03. The van der Waals surface area contributed by atoms with Gasteiger partial charge >= 0.3 is 0 Å². The average Bonchev–Trinajstić information content (AvgIpc) is 3.03. The van der Waals surface area contributed by atoms with Gasteiger partial charge in [-0.15, -0.1) is 0 Å². The molecule has 7 heteroatoms. The van der Waals surface area contributed by atoms with Crippen LogP contribution in [0.3, 0.4) is 0 Å². The Morgan fingerprint density at radius 3 is 2.70 bits per heavy atom. The fraction of sp³-hybridized carbons (Fsp3) is 0.500. The SMILES string of the molecule is CCc1cnc(N2CCC(Nc3cc(N(C)C)ncn3)C2)nc1. The predicted molar refractivity (Wildman–Crippen MR) is 92.0 cm³/mol. The van der Waals surface area contributed by atoms with Crippen LogP contribution in [0.25, 0.3) is 0 Å². The molecule has 0 saturated carbocycles. The molecular weight excluding hydrogens is 290 g/mol. The van der Waals surface area contributed by atoms with Crippen LogP contribution in [-0.4, -0.2) is 53.2 Å². The number of nitrogens with zero attached hydrogens (tertiary/aromatic N) is 6. The normalized spacial score (nSPS) is 17.3. The third-order valence-corrected chi connectivity index (χ3v) is 4.03. The van der Waals surface area contributed by atoms with Gasteiger partial charge in [0.25, 0.3) is 0 Å². The van der Waals surface area contributed by atoms with E-state index in [0.29, 0.717) is 6.04 Å². The lowest BCUT2D eigenvalue weighted by atomic mass is 10.2. The molecule has 1 unspecified atom stereocenters. The first-order chi connectivity index (χ1) is 11.2. The highest BCUT2D eigenvalue weighted by atomic mass is 15.3. The van der Waals surface area contributed by atoms with E-state index in [1.54, 1.807) is 6.33 Å². The molecule has 0 aromatic carbocycles. The largest absolute Gasteiger partial charge is 0.365 e. The fourth-order valence-electron chi connectivity index (χ4n) is 2.63. The first-order valence-corrected chi connectivity index (χ1v) is 7.97. The maximum atomic E-state index is 4.47. The number of rotatable bonds is 5. The summed E-state index contributed by atoms with van der Waals surface area (Å²) in [6.45, 7) is 3.94. The zero-order valence-electron chi connectivity index (χ0n) is 13.9. The molecule has 1 atom stereocenters. The third kappa shape index (κ3) is 3.67. The van der Waals surface area contributed by atoms with Crippen molar-refractivity contribution in [1.82, 2.24) is 19.9 Å². The van der Waals surface area contributed by atoms with E-state index in [-0.39, 0.29) is 0 Å². The number of hydrogen-bond donors (Lipinski definition) is 1. The van der Waals surface area contributed by atoms with Crippen LogP contribution in [0, 0.1) is 0 Å². The zero-order valence-corrected chi connectivity index (χ0v) is 13.9. The van der Waals surface area contributed by atoms with Gasteiger partial charge in [-0.25, -0.2) is 19.9 Å². The highest BCUT2D eigenvalue weighted by Crippen LogP contribution is 2.20. The maximum absolute atomic E-state index is 4.47. The van der Waals surface area contributed by atoms with Gasteiger partial charge in [-0.1, -0.05) is 6.92 Å². The molecule has 23 heavy (non-hydrogen) atoms. The van der Waals surface area contributed by atoms with E-state index in [0.717, 1.165) is 43.5 Å². The molecule has 1 aliphatic rings. The molecule has 3 rings (SSSR count). The first kappa shape index (κ1) is 15.5. The van der Waals surface area contributed by atoms with Gasteiger partial charge in [0.1, 0.15) is 18.0 Å². The van der Waals surface area contributed by atoms with Crippen molar-refractivity contribution in [3.05, 3.63) is 30.4 Å². The molecule has 3 heterocycles. The Balaban J connectivity index is 1.62. The molecule has 1 saturated heterocycles. The van der Waals surface area contributed by atoms with E-state index in [1.165, 1.54) is 5.56 Å². The summed E-state index contributed by atoms with van der Waals surface area (Å²) < 4.78 is 0. The summed E-state index contributed by atoms with van der Waals surface area (Å²) in [5.41, 5.74) is 1.17. The van der Waals surface area contributed by atoms with E-state index in [1.807, 2.05) is 37.5 Å². The molecule has 0 radical (unpaired) electrons. The number of nitrogens with one attached hydrogen (secondary N) is 1. The summed E-state index contributed by atoms with van der Waals surface area (Å²) in [4.78, 5) is 21.7. The van der Waals surface area contributed by atoms with Crippen molar-refractivity contribution < 1.29 is 0 Å². The molecule has 1 fully saturated rings. The summed E-state index contributed by atoms with van der Waals surface area (Å²) >= 11 is 0. The summed E-state index contributed by atoms with van der Waals surface area (Å²) in [6.07, 6.45) is 7.43. The van der Waals surface area contributed by atoms with Crippen molar-refractivity contribution in [1.29, 1.82) is 0 Å². The lowest BCUT2D eigenvalue weighted by Gasteiger charge is -2.18. The maximum Gasteiger partial charge on any atom is 0.225 e. The molecule has 2 aromatic rings. The molecule has 1 aliphatic heterocycles. The summed E-state index contributed by atoms with van der Waals surface area (Å²) in [7, 11) is 3.95. The fourth-order valence-corrected chi connectivity index (χ4v) is 2.63. The van der Waals surface area contributed by atoms with E-state index in [4.69, 9.17) is 0 Å². The van der Waals surface area contributed by atoms with Crippen molar-refractivity contribution in [2.24, 2.45) is 0 Å². The lowest BCUT2D eigenvalue weighted by Crippen LogP contribution is -2.27. The van der Waals surface area contributed by atoms with Crippen LogP contribution in [0.5, 0.6) is 0 Å². The summed E-state index contributed by atoms with van der Waals surface area (Å²) in [5, 5.41) is 3.48. The van der Waals surface area contributed by atoms with Crippen LogP contribution in [0.15, 0.2) is 24.8 Å². The molecular formula is C16H23N7. The number of aryl methyl sites for hydroxylation is 1. The van der Waals surface area contributed by atoms with Gasteiger partial charge in [-0.3, -0.25) is 0 Å². The molecule has 0 spiro atoms. The van der Waals surface area contributed by atoms with Crippen molar-refractivity contribution in [3.8, 4) is 0 Å². The van der Waals surface area contributed by atoms with E-state index in [2.05, 4.69) is 37.1 Å². The minimum absolute atomic E-state index is 0.342. The molecule has 0 aliphatic carbocycles. The van der Waals surface area contributed by atoms with Crippen LogP contribution in [-0.2, 0) is 6.42 Å². The van der Waals surface area contributed by atoms with Gasteiger partial charge in [-0.05, 0) is 18.4 Å².